The number of nitrogens with two attached hydrogens (primary N) is 1. The first-order chi connectivity index (χ1) is 12.5. The monoisotopic (exact) mass is 370 g/mol. The number of benzene rings is 3. The van der Waals surface area contributed by atoms with Gasteiger partial charge in [0.1, 0.15) is 11.6 Å². The van der Waals surface area contributed by atoms with Gasteiger partial charge in [-0.3, -0.25) is 14.9 Å². The largest absolute Gasteiger partial charge is 0.335 e. The lowest BCUT2D eigenvalue weighted by molar-refractivity contribution is -0.659. The Morgan fingerprint density at radius 1 is 1.12 bits per heavy atom. The maximum Gasteiger partial charge on any atom is 0.289 e. The number of rotatable bonds is 6. The number of halogens is 1. The van der Waals surface area contributed by atoms with Crippen molar-refractivity contribution in [1.29, 1.82) is 0 Å². The Morgan fingerprint density at radius 3 is 2.69 bits per heavy atom. The van der Waals surface area contributed by atoms with Crippen molar-refractivity contribution in [3.8, 4) is 0 Å². The average Bonchev–Trinajstić information content (AvgIpc) is 2.63. The quantitative estimate of drug-likeness (QED) is 0.516. The Hall–Kier alpha value is -2.96. The van der Waals surface area contributed by atoms with Crippen molar-refractivity contribution in [1.82, 2.24) is 0 Å². The molecule has 1 amide bonds. The van der Waals surface area contributed by atoms with Crippen LogP contribution in [0.2, 0.25) is 5.02 Å². The van der Waals surface area contributed by atoms with Gasteiger partial charge in [0.05, 0.1) is 4.92 Å². The highest BCUT2D eigenvalue weighted by atomic mass is 35.5. The van der Waals surface area contributed by atoms with Crippen LogP contribution >= 0.6 is 11.6 Å². The summed E-state index contributed by atoms with van der Waals surface area (Å²) in [4.78, 5) is 22.4. The number of amides is 1. The third-order valence-electron chi connectivity index (χ3n) is 4.00. The number of fused-ring (bicyclic) bond motifs is 1. The molecule has 0 spiro atoms. The molecule has 26 heavy (non-hydrogen) atoms. The van der Waals surface area contributed by atoms with Crippen molar-refractivity contribution in [2.24, 2.45) is 0 Å². The number of carbonyl (C=O) groups excluding carboxylic acids is 1. The molecule has 0 aromatic heterocycles. The third kappa shape index (κ3) is 4.17. The number of carbonyl (C=O) groups is 1. The summed E-state index contributed by atoms with van der Waals surface area (Å²) < 4.78 is 0. The van der Waals surface area contributed by atoms with E-state index in [0.717, 1.165) is 10.9 Å². The van der Waals surface area contributed by atoms with E-state index in [1.165, 1.54) is 23.6 Å². The van der Waals surface area contributed by atoms with Gasteiger partial charge in [-0.1, -0.05) is 54.1 Å². The fourth-order valence-corrected chi connectivity index (χ4v) is 2.96. The van der Waals surface area contributed by atoms with Crippen molar-refractivity contribution >= 4 is 39.7 Å². The van der Waals surface area contributed by atoms with E-state index in [2.05, 4.69) is 23.5 Å². The average molecular weight is 371 g/mol. The van der Waals surface area contributed by atoms with Gasteiger partial charge in [0.25, 0.3) is 11.6 Å². The molecule has 132 valence electrons. The van der Waals surface area contributed by atoms with E-state index in [0.29, 0.717) is 12.2 Å². The number of nitrogens with one attached hydrogen (secondary N) is 1. The minimum Gasteiger partial charge on any atom is -0.335 e. The summed E-state index contributed by atoms with van der Waals surface area (Å²) in [6, 6.07) is 18.4. The Balaban J connectivity index is 1.59. The van der Waals surface area contributed by atoms with E-state index in [1.54, 1.807) is 0 Å². The molecule has 3 aromatic rings. The first kappa shape index (κ1) is 17.8. The maximum atomic E-state index is 12.1. The lowest BCUT2D eigenvalue weighted by Gasteiger charge is -2.07. The standard InChI is InChI=1S/C19H16ClN3O3/c20-17-9-8-15(10-18(17)23(25)26)22-19(24)12-21-11-14-6-3-5-13-4-1-2-7-16(13)14/h1-10,21H,11-12H2,(H,22,24)/p+1. The lowest BCUT2D eigenvalue weighted by atomic mass is 10.0. The van der Waals surface area contributed by atoms with Crippen LogP contribution in [0, 0.1) is 10.1 Å². The van der Waals surface area contributed by atoms with Crippen molar-refractivity contribution < 1.29 is 15.0 Å². The van der Waals surface area contributed by atoms with Crippen LogP contribution < -0.4 is 10.6 Å². The van der Waals surface area contributed by atoms with Crippen LogP contribution in [0.25, 0.3) is 10.8 Å². The Kier molecular flexibility index (Phi) is 5.46. The minimum atomic E-state index is -0.579. The predicted molar refractivity (Wildman–Crippen MR) is 101 cm³/mol. The Bertz CT molecular complexity index is 970. The summed E-state index contributed by atoms with van der Waals surface area (Å²) in [5.74, 6) is -0.234. The molecule has 0 bridgehead atoms. The van der Waals surface area contributed by atoms with Crippen LogP contribution in [0.1, 0.15) is 5.56 Å². The highest BCUT2D eigenvalue weighted by Gasteiger charge is 2.14. The zero-order valence-electron chi connectivity index (χ0n) is 13.8. The van der Waals surface area contributed by atoms with Gasteiger partial charge in [-0.15, -0.1) is 0 Å². The minimum absolute atomic E-state index is 0.0375. The smallest absolute Gasteiger partial charge is 0.289 e. The first-order valence-corrected chi connectivity index (χ1v) is 8.44. The van der Waals surface area contributed by atoms with Crippen molar-refractivity contribution in [2.45, 2.75) is 6.54 Å². The van der Waals surface area contributed by atoms with Crippen molar-refractivity contribution in [3.05, 3.63) is 81.4 Å². The van der Waals surface area contributed by atoms with E-state index >= 15 is 0 Å². The molecule has 0 unspecified atom stereocenters. The van der Waals surface area contributed by atoms with E-state index in [1.807, 2.05) is 29.6 Å². The number of hydrogen-bond acceptors (Lipinski definition) is 3. The van der Waals surface area contributed by atoms with Gasteiger partial charge in [0.15, 0.2) is 6.54 Å². The number of nitrogens with zero attached hydrogens (tertiary/aromatic N) is 1. The summed E-state index contributed by atoms with van der Waals surface area (Å²) in [6.07, 6.45) is 0. The van der Waals surface area contributed by atoms with Crippen LogP contribution in [0.4, 0.5) is 11.4 Å². The molecule has 0 aliphatic rings. The number of nitro benzene ring substituents is 1. The molecular formula is C19H17ClN3O3+. The summed E-state index contributed by atoms with van der Waals surface area (Å²) in [5.41, 5.74) is 1.27. The predicted octanol–water partition coefficient (Wildman–Crippen LogP) is 3.10. The van der Waals surface area contributed by atoms with Crippen molar-refractivity contribution in [2.75, 3.05) is 11.9 Å². The molecule has 0 fully saturated rings. The van der Waals surface area contributed by atoms with Gasteiger partial charge in [0, 0.05) is 17.3 Å². The van der Waals surface area contributed by atoms with E-state index in [-0.39, 0.29) is 23.2 Å². The van der Waals surface area contributed by atoms with E-state index in [4.69, 9.17) is 11.6 Å². The second-order valence-corrected chi connectivity index (χ2v) is 6.21. The highest BCUT2D eigenvalue weighted by Crippen LogP contribution is 2.27. The summed E-state index contributed by atoms with van der Waals surface area (Å²) in [5, 5.41) is 17.8. The molecule has 0 saturated carbocycles. The SMILES string of the molecule is O=C(C[NH2+]Cc1cccc2ccccc12)Nc1ccc(Cl)c([N+](=O)[O-])c1. The number of nitro groups is 1. The van der Waals surface area contributed by atoms with Crippen LogP contribution in [0.3, 0.4) is 0 Å². The van der Waals surface area contributed by atoms with Crippen LogP contribution in [0.15, 0.2) is 60.7 Å². The molecule has 7 heteroatoms. The topological polar surface area (TPSA) is 88.8 Å². The van der Waals surface area contributed by atoms with Crippen LogP contribution in [-0.2, 0) is 11.3 Å². The molecular weight excluding hydrogens is 354 g/mol. The fraction of sp³-hybridized carbons (Fsp3) is 0.105. The summed E-state index contributed by atoms with van der Waals surface area (Å²) >= 11 is 5.77. The Labute approximate surface area is 154 Å². The van der Waals surface area contributed by atoms with E-state index < -0.39 is 4.92 Å². The van der Waals surface area contributed by atoms with Crippen molar-refractivity contribution in [3.63, 3.8) is 0 Å². The summed E-state index contributed by atoms with van der Waals surface area (Å²) in [6.45, 7) is 0.870. The molecule has 3 N–H and O–H groups in total. The number of hydrogen-bond donors (Lipinski definition) is 2. The van der Waals surface area contributed by atoms with Gasteiger partial charge in [-0.2, -0.15) is 0 Å². The van der Waals surface area contributed by atoms with E-state index in [9.17, 15) is 14.9 Å². The molecule has 0 saturated heterocycles. The molecule has 0 atom stereocenters. The second kappa shape index (κ2) is 7.95. The molecule has 0 heterocycles. The maximum absolute atomic E-state index is 12.1. The number of anilines is 1. The van der Waals surface area contributed by atoms with Gasteiger partial charge in [-0.05, 0) is 22.9 Å². The Morgan fingerprint density at radius 2 is 1.88 bits per heavy atom. The van der Waals surface area contributed by atoms with Gasteiger partial charge < -0.3 is 10.6 Å². The summed E-state index contributed by atoms with van der Waals surface area (Å²) in [7, 11) is 0. The molecule has 3 rings (SSSR count). The van der Waals surface area contributed by atoms with Gasteiger partial charge in [-0.25, -0.2) is 0 Å². The van der Waals surface area contributed by atoms with Gasteiger partial charge in [0.2, 0.25) is 0 Å². The second-order valence-electron chi connectivity index (χ2n) is 5.81. The molecule has 6 nitrogen and oxygen atoms in total. The fourth-order valence-electron chi connectivity index (χ4n) is 2.77. The molecule has 3 aromatic carbocycles. The highest BCUT2D eigenvalue weighted by molar-refractivity contribution is 6.32. The first-order valence-electron chi connectivity index (χ1n) is 8.06. The van der Waals surface area contributed by atoms with Crippen LogP contribution in [0.5, 0.6) is 0 Å². The van der Waals surface area contributed by atoms with Gasteiger partial charge >= 0.3 is 0 Å². The normalized spacial score (nSPS) is 10.7. The molecule has 0 radical (unpaired) electrons. The zero-order valence-corrected chi connectivity index (χ0v) is 14.6. The number of quaternary nitrogens is 1. The molecule has 0 aliphatic carbocycles. The zero-order chi connectivity index (χ0) is 18.5. The lowest BCUT2D eigenvalue weighted by Crippen LogP contribution is -2.84. The van der Waals surface area contributed by atoms with Crippen LogP contribution in [-0.4, -0.2) is 17.4 Å². The molecule has 0 aliphatic heterocycles. The third-order valence-corrected chi connectivity index (χ3v) is 4.32.